The maximum absolute atomic E-state index is 8.92. The molecule has 3 N–H and O–H groups in total. The second-order valence-corrected chi connectivity index (χ2v) is 5.26. The van der Waals surface area contributed by atoms with Gasteiger partial charge in [0.25, 0.3) is 0 Å². The van der Waals surface area contributed by atoms with Gasteiger partial charge in [0.1, 0.15) is 0 Å². The van der Waals surface area contributed by atoms with Crippen molar-refractivity contribution in [3.05, 3.63) is 28.8 Å². The molecule has 0 bridgehead atoms. The van der Waals surface area contributed by atoms with Crippen LogP contribution in [0.25, 0.3) is 0 Å². The number of benzene rings is 1. The Morgan fingerprint density at radius 1 is 1.60 bits per heavy atom. The maximum Gasteiger partial charge on any atom is 0.172 e. The number of likely N-dealkylation sites (N-methyl/N-ethyl adjacent to an activating group) is 1. The molecule has 1 fully saturated rings. The van der Waals surface area contributed by atoms with E-state index in [1.807, 2.05) is 12.1 Å². The molecule has 0 radical (unpaired) electrons. The summed E-state index contributed by atoms with van der Waals surface area (Å²) in [5.41, 5.74) is 7.29. The van der Waals surface area contributed by atoms with Crippen molar-refractivity contribution in [2.75, 3.05) is 24.6 Å². The van der Waals surface area contributed by atoms with Gasteiger partial charge in [-0.1, -0.05) is 16.8 Å². The lowest BCUT2D eigenvalue weighted by Crippen LogP contribution is -2.33. The Balaban J connectivity index is 2.28. The summed E-state index contributed by atoms with van der Waals surface area (Å²) in [6.07, 6.45) is 2.42. The Labute approximate surface area is 124 Å². The van der Waals surface area contributed by atoms with Gasteiger partial charge in [0.15, 0.2) is 5.84 Å². The first-order valence-corrected chi connectivity index (χ1v) is 7.17. The highest BCUT2D eigenvalue weighted by molar-refractivity contribution is 6.31. The molecule has 5 nitrogen and oxygen atoms in total. The normalized spacial score (nSPS) is 19.3. The van der Waals surface area contributed by atoms with Gasteiger partial charge in [-0.3, -0.25) is 0 Å². The highest BCUT2D eigenvalue weighted by Crippen LogP contribution is 2.26. The van der Waals surface area contributed by atoms with Crippen molar-refractivity contribution in [3.8, 4) is 0 Å². The largest absolute Gasteiger partial charge is 0.409 e. The summed E-state index contributed by atoms with van der Waals surface area (Å²) in [4.78, 5) is 2.17. The van der Waals surface area contributed by atoms with E-state index in [0.717, 1.165) is 38.2 Å². The number of amidine groups is 1. The van der Waals surface area contributed by atoms with Crippen LogP contribution in [-0.2, 0) is 4.74 Å². The van der Waals surface area contributed by atoms with Crippen LogP contribution in [0.5, 0.6) is 0 Å². The molecule has 1 unspecified atom stereocenters. The molecule has 2 rings (SSSR count). The zero-order valence-electron chi connectivity index (χ0n) is 11.6. The van der Waals surface area contributed by atoms with Crippen molar-refractivity contribution in [1.82, 2.24) is 0 Å². The number of nitrogens with zero attached hydrogens (tertiary/aromatic N) is 2. The molecule has 6 heteroatoms. The van der Waals surface area contributed by atoms with Crippen molar-refractivity contribution in [2.45, 2.75) is 25.9 Å². The van der Waals surface area contributed by atoms with Crippen molar-refractivity contribution >= 4 is 23.1 Å². The fourth-order valence-electron chi connectivity index (χ4n) is 2.47. The van der Waals surface area contributed by atoms with E-state index in [0.29, 0.717) is 10.6 Å². The van der Waals surface area contributed by atoms with E-state index in [4.69, 9.17) is 27.3 Å². The van der Waals surface area contributed by atoms with E-state index in [9.17, 15) is 0 Å². The van der Waals surface area contributed by atoms with E-state index in [-0.39, 0.29) is 11.9 Å². The van der Waals surface area contributed by atoms with Gasteiger partial charge in [-0.25, -0.2) is 0 Å². The van der Waals surface area contributed by atoms with Crippen molar-refractivity contribution < 1.29 is 9.94 Å². The van der Waals surface area contributed by atoms with E-state index >= 15 is 0 Å². The predicted molar refractivity (Wildman–Crippen MR) is 80.8 cm³/mol. The zero-order valence-corrected chi connectivity index (χ0v) is 12.3. The maximum atomic E-state index is 8.92. The van der Waals surface area contributed by atoms with E-state index < -0.39 is 0 Å². The lowest BCUT2D eigenvalue weighted by atomic mass is 10.1. The van der Waals surface area contributed by atoms with Crippen LogP contribution in [0.1, 0.15) is 25.3 Å². The Hall–Kier alpha value is -1.46. The number of rotatable bonds is 5. The number of anilines is 1. The minimum atomic E-state index is 0.0632. The molecule has 1 heterocycles. The van der Waals surface area contributed by atoms with Gasteiger partial charge in [0, 0.05) is 36.0 Å². The molecule has 1 atom stereocenters. The summed E-state index contributed by atoms with van der Waals surface area (Å²) >= 11 is 6.00. The van der Waals surface area contributed by atoms with Gasteiger partial charge in [0.2, 0.25) is 0 Å². The van der Waals surface area contributed by atoms with Crippen LogP contribution in [0.4, 0.5) is 5.69 Å². The second kappa shape index (κ2) is 6.81. The third-order valence-corrected chi connectivity index (χ3v) is 3.75. The topological polar surface area (TPSA) is 71.1 Å². The average molecular weight is 298 g/mol. The molecule has 1 aromatic rings. The van der Waals surface area contributed by atoms with Gasteiger partial charge >= 0.3 is 0 Å². The Morgan fingerprint density at radius 2 is 2.40 bits per heavy atom. The van der Waals surface area contributed by atoms with Crippen molar-refractivity contribution in [1.29, 1.82) is 0 Å². The van der Waals surface area contributed by atoms with E-state index in [1.165, 1.54) is 0 Å². The number of hydrogen-bond donors (Lipinski definition) is 2. The first-order chi connectivity index (χ1) is 9.65. The fraction of sp³-hybridized carbons (Fsp3) is 0.500. The summed E-state index contributed by atoms with van der Waals surface area (Å²) < 4.78 is 5.68. The van der Waals surface area contributed by atoms with Crippen molar-refractivity contribution in [2.24, 2.45) is 10.9 Å². The Bertz CT molecular complexity index is 487. The Kier molecular flexibility index (Phi) is 5.09. The molecular weight excluding hydrogens is 278 g/mol. The van der Waals surface area contributed by atoms with Gasteiger partial charge in [0.05, 0.1) is 6.10 Å². The van der Waals surface area contributed by atoms with Crippen LogP contribution in [0, 0.1) is 0 Å². The molecule has 1 saturated heterocycles. The molecule has 0 aliphatic carbocycles. The number of hydrogen-bond acceptors (Lipinski definition) is 4. The van der Waals surface area contributed by atoms with Crippen LogP contribution in [0.15, 0.2) is 23.4 Å². The van der Waals surface area contributed by atoms with Gasteiger partial charge in [-0.05, 0) is 38.0 Å². The molecule has 1 aliphatic heterocycles. The summed E-state index contributed by atoms with van der Waals surface area (Å²) in [6.45, 7) is 4.51. The lowest BCUT2D eigenvalue weighted by Gasteiger charge is -2.28. The molecular formula is C14H20ClN3O2. The van der Waals surface area contributed by atoms with Crippen LogP contribution in [-0.4, -0.2) is 36.8 Å². The van der Waals surface area contributed by atoms with Crippen LogP contribution >= 0.6 is 11.6 Å². The third kappa shape index (κ3) is 3.35. The van der Waals surface area contributed by atoms with Crippen LogP contribution in [0.2, 0.25) is 5.02 Å². The highest BCUT2D eigenvalue weighted by Gasteiger charge is 2.21. The first-order valence-electron chi connectivity index (χ1n) is 6.79. The van der Waals surface area contributed by atoms with Gasteiger partial charge in [-0.15, -0.1) is 0 Å². The summed E-state index contributed by atoms with van der Waals surface area (Å²) in [6, 6.07) is 5.42. The second-order valence-electron chi connectivity index (χ2n) is 4.82. The summed E-state index contributed by atoms with van der Waals surface area (Å²) in [5, 5.41) is 12.6. The monoisotopic (exact) mass is 297 g/mol. The fourth-order valence-corrected chi connectivity index (χ4v) is 2.65. The lowest BCUT2D eigenvalue weighted by molar-refractivity contribution is 0.115. The molecule has 110 valence electrons. The quantitative estimate of drug-likeness (QED) is 0.379. The molecule has 1 aliphatic rings. The smallest absolute Gasteiger partial charge is 0.172 e. The first kappa shape index (κ1) is 14.9. The predicted octanol–water partition coefficient (Wildman–Crippen LogP) is 2.44. The Morgan fingerprint density at radius 3 is 3.00 bits per heavy atom. The van der Waals surface area contributed by atoms with Crippen LogP contribution < -0.4 is 10.6 Å². The average Bonchev–Trinajstić information content (AvgIpc) is 2.97. The molecule has 0 spiro atoms. The number of ether oxygens (including phenoxy) is 1. The third-order valence-electron chi connectivity index (χ3n) is 3.51. The number of oxime groups is 1. The van der Waals surface area contributed by atoms with E-state index in [1.54, 1.807) is 6.07 Å². The van der Waals surface area contributed by atoms with Crippen LogP contribution in [0.3, 0.4) is 0 Å². The van der Waals surface area contributed by atoms with Crippen molar-refractivity contribution in [3.63, 3.8) is 0 Å². The highest BCUT2D eigenvalue weighted by atomic mass is 35.5. The number of halogens is 1. The number of nitrogens with two attached hydrogens (primary N) is 1. The standard InChI is InChI=1S/C14H20ClN3O2/c1-2-18(9-11-4-3-7-20-11)13-6-5-10(15)8-12(13)14(16)17-19/h5-6,8,11,19H,2-4,7,9H2,1H3,(H2,16,17). The summed E-state index contributed by atoms with van der Waals surface area (Å²) in [5.74, 6) is 0.0632. The molecule has 0 amide bonds. The van der Waals surface area contributed by atoms with Gasteiger partial charge in [-0.2, -0.15) is 0 Å². The summed E-state index contributed by atoms with van der Waals surface area (Å²) in [7, 11) is 0. The molecule has 1 aromatic carbocycles. The minimum Gasteiger partial charge on any atom is -0.409 e. The molecule has 0 saturated carbocycles. The molecule has 20 heavy (non-hydrogen) atoms. The van der Waals surface area contributed by atoms with Gasteiger partial charge < -0.3 is 20.6 Å². The SMILES string of the molecule is CCN(CC1CCCO1)c1ccc(Cl)cc1C(N)=NO. The molecule has 0 aromatic heterocycles. The van der Waals surface area contributed by atoms with E-state index in [2.05, 4.69) is 17.0 Å². The minimum absolute atomic E-state index is 0.0632. The zero-order chi connectivity index (χ0) is 14.5.